The van der Waals surface area contributed by atoms with Crippen molar-refractivity contribution in [2.24, 2.45) is 5.92 Å². The van der Waals surface area contributed by atoms with E-state index < -0.39 is 11.7 Å². The molecule has 0 unspecified atom stereocenters. The molecule has 0 bridgehead atoms. The van der Waals surface area contributed by atoms with Gasteiger partial charge >= 0.3 is 6.18 Å². The van der Waals surface area contributed by atoms with Crippen molar-refractivity contribution in [3.05, 3.63) is 41.9 Å². The molecule has 0 aliphatic carbocycles. The summed E-state index contributed by atoms with van der Waals surface area (Å²) in [6.45, 7) is 2.49. The number of pyridine rings is 1. The topological polar surface area (TPSA) is 80.2 Å². The Kier molecular flexibility index (Phi) is 5.85. The maximum absolute atomic E-state index is 12.9. The Morgan fingerprint density at radius 1 is 1.13 bits per heavy atom. The van der Waals surface area contributed by atoms with Crippen LogP contribution < -0.4 is 5.32 Å². The van der Waals surface area contributed by atoms with Crippen molar-refractivity contribution in [1.29, 1.82) is 0 Å². The van der Waals surface area contributed by atoms with Crippen LogP contribution >= 0.6 is 0 Å². The summed E-state index contributed by atoms with van der Waals surface area (Å²) in [5, 5.41) is 2.74. The number of ether oxygens (including phenoxy) is 1. The van der Waals surface area contributed by atoms with Crippen molar-refractivity contribution in [2.45, 2.75) is 31.4 Å². The molecule has 7 nitrogen and oxygen atoms in total. The summed E-state index contributed by atoms with van der Waals surface area (Å²) in [4.78, 5) is 27.0. The lowest BCUT2D eigenvalue weighted by atomic mass is 9.99. The Labute approximate surface area is 171 Å². The quantitative estimate of drug-likeness (QED) is 0.815. The van der Waals surface area contributed by atoms with Gasteiger partial charge in [-0.3, -0.25) is 4.79 Å². The van der Waals surface area contributed by atoms with Gasteiger partial charge in [-0.15, -0.1) is 0 Å². The van der Waals surface area contributed by atoms with Gasteiger partial charge in [-0.05, 0) is 37.5 Å². The molecule has 0 radical (unpaired) electrons. The lowest BCUT2D eigenvalue weighted by Crippen LogP contribution is -2.37. The van der Waals surface area contributed by atoms with Crippen molar-refractivity contribution in [2.75, 3.05) is 31.6 Å². The van der Waals surface area contributed by atoms with E-state index in [4.69, 9.17) is 4.74 Å². The molecular formula is C20H22F3N5O2. The lowest BCUT2D eigenvalue weighted by Gasteiger charge is -2.26. The van der Waals surface area contributed by atoms with E-state index in [9.17, 15) is 18.0 Å². The molecule has 0 spiro atoms. The van der Waals surface area contributed by atoms with Gasteiger partial charge in [-0.2, -0.15) is 13.2 Å². The molecule has 10 heteroatoms. The SMILES string of the molecule is O=C(C1CCOCC1)N1CC[C@@H](c2ccnc(Nc3cc(C(F)(F)F)ccn3)n2)C1. The normalized spacial score (nSPS) is 20.4. The molecule has 4 heterocycles. The highest BCUT2D eigenvalue weighted by Crippen LogP contribution is 2.31. The number of anilines is 2. The number of hydrogen-bond donors (Lipinski definition) is 1. The number of halogens is 3. The number of rotatable bonds is 4. The largest absolute Gasteiger partial charge is 0.416 e. The second-order valence-corrected chi connectivity index (χ2v) is 7.51. The summed E-state index contributed by atoms with van der Waals surface area (Å²) >= 11 is 0. The summed E-state index contributed by atoms with van der Waals surface area (Å²) in [5.41, 5.74) is -0.0454. The summed E-state index contributed by atoms with van der Waals surface area (Å²) < 4.78 is 44.0. The van der Waals surface area contributed by atoms with E-state index >= 15 is 0 Å². The molecule has 160 valence electrons. The molecular weight excluding hydrogens is 399 g/mol. The van der Waals surface area contributed by atoms with Gasteiger partial charge < -0.3 is 15.0 Å². The molecule has 2 saturated heterocycles. The fourth-order valence-corrected chi connectivity index (χ4v) is 3.85. The van der Waals surface area contributed by atoms with Gasteiger partial charge in [0.1, 0.15) is 5.82 Å². The van der Waals surface area contributed by atoms with Crippen LogP contribution in [0.1, 0.15) is 36.4 Å². The maximum atomic E-state index is 12.9. The van der Waals surface area contributed by atoms with E-state index in [1.54, 1.807) is 12.3 Å². The van der Waals surface area contributed by atoms with Crippen LogP contribution in [-0.4, -0.2) is 52.1 Å². The first-order valence-electron chi connectivity index (χ1n) is 9.90. The average Bonchev–Trinajstić information content (AvgIpc) is 3.24. The predicted molar refractivity (Wildman–Crippen MR) is 102 cm³/mol. The van der Waals surface area contributed by atoms with Crippen LogP contribution in [0.4, 0.5) is 24.9 Å². The monoisotopic (exact) mass is 421 g/mol. The minimum absolute atomic E-state index is 0.0183. The summed E-state index contributed by atoms with van der Waals surface area (Å²) in [5.74, 6) is 0.443. The van der Waals surface area contributed by atoms with E-state index in [0.29, 0.717) is 26.3 Å². The van der Waals surface area contributed by atoms with E-state index in [1.165, 1.54) is 0 Å². The van der Waals surface area contributed by atoms with Crippen molar-refractivity contribution >= 4 is 17.7 Å². The Balaban J connectivity index is 1.42. The van der Waals surface area contributed by atoms with Gasteiger partial charge in [-0.1, -0.05) is 0 Å². The molecule has 2 aliphatic heterocycles. The third-order valence-corrected chi connectivity index (χ3v) is 5.49. The van der Waals surface area contributed by atoms with Gasteiger partial charge in [0.15, 0.2) is 0 Å². The first-order chi connectivity index (χ1) is 14.4. The number of aromatic nitrogens is 3. The second kappa shape index (κ2) is 8.55. The number of likely N-dealkylation sites (tertiary alicyclic amines) is 1. The van der Waals surface area contributed by atoms with Gasteiger partial charge in [0, 0.05) is 50.5 Å². The number of hydrogen-bond acceptors (Lipinski definition) is 6. The summed E-state index contributed by atoms with van der Waals surface area (Å²) in [6.07, 6.45) is 0.490. The molecule has 30 heavy (non-hydrogen) atoms. The van der Waals surface area contributed by atoms with E-state index in [1.807, 2.05) is 4.90 Å². The van der Waals surface area contributed by atoms with Crippen molar-refractivity contribution < 1.29 is 22.7 Å². The Bertz CT molecular complexity index is 902. The first kappa shape index (κ1) is 20.5. The molecule has 0 saturated carbocycles. The number of carbonyl (C=O) groups excluding carboxylic acids is 1. The van der Waals surface area contributed by atoms with Gasteiger partial charge in [0.05, 0.1) is 11.3 Å². The zero-order valence-corrected chi connectivity index (χ0v) is 16.2. The molecule has 2 fully saturated rings. The minimum atomic E-state index is -4.45. The number of nitrogens with zero attached hydrogens (tertiary/aromatic N) is 4. The number of amides is 1. The van der Waals surface area contributed by atoms with Crippen molar-refractivity contribution in [3.63, 3.8) is 0 Å². The minimum Gasteiger partial charge on any atom is -0.381 e. The van der Waals surface area contributed by atoms with Crippen molar-refractivity contribution in [3.8, 4) is 0 Å². The Morgan fingerprint density at radius 2 is 1.90 bits per heavy atom. The zero-order valence-electron chi connectivity index (χ0n) is 16.2. The van der Waals surface area contributed by atoms with Gasteiger partial charge in [0.2, 0.25) is 11.9 Å². The molecule has 0 aromatic carbocycles. The fourth-order valence-electron chi connectivity index (χ4n) is 3.85. The van der Waals surface area contributed by atoms with Crippen LogP contribution in [0.3, 0.4) is 0 Å². The predicted octanol–water partition coefficient (Wildman–Crippen LogP) is 3.38. The zero-order chi connectivity index (χ0) is 21.1. The summed E-state index contributed by atoms with van der Waals surface area (Å²) in [7, 11) is 0. The highest BCUT2D eigenvalue weighted by molar-refractivity contribution is 5.79. The van der Waals surface area contributed by atoms with Crippen LogP contribution in [0, 0.1) is 5.92 Å². The fraction of sp³-hybridized carbons (Fsp3) is 0.500. The van der Waals surface area contributed by atoms with Crippen LogP contribution in [0.15, 0.2) is 30.6 Å². The smallest absolute Gasteiger partial charge is 0.381 e. The Hall–Kier alpha value is -2.75. The van der Waals surface area contributed by atoms with E-state index in [2.05, 4.69) is 20.3 Å². The highest BCUT2D eigenvalue weighted by atomic mass is 19.4. The first-order valence-corrected chi connectivity index (χ1v) is 9.90. The molecule has 2 aromatic rings. The van der Waals surface area contributed by atoms with Gasteiger partial charge in [0.25, 0.3) is 0 Å². The molecule has 2 aliphatic rings. The van der Waals surface area contributed by atoms with Crippen LogP contribution in [-0.2, 0) is 15.7 Å². The third-order valence-electron chi connectivity index (χ3n) is 5.49. The molecule has 1 amide bonds. The third kappa shape index (κ3) is 4.69. The van der Waals surface area contributed by atoms with Crippen LogP contribution in [0.5, 0.6) is 0 Å². The molecule has 1 atom stereocenters. The lowest BCUT2D eigenvalue weighted by molar-refractivity contribution is -0.138. The Morgan fingerprint density at radius 3 is 2.67 bits per heavy atom. The van der Waals surface area contributed by atoms with Crippen molar-refractivity contribution in [1.82, 2.24) is 19.9 Å². The van der Waals surface area contributed by atoms with Crippen LogP contribution in [0.25, 0.3) is 0 Å². The molecule has 4 rings (SSSR count). The van der Waals surface area contributed by atoms with Crippen LogP contribution in [0.2, 0.25) is 0 Å². The molecule has 1 N–H and O–H groups in total. The average molecular weight is 421 g/mol. The van der Waals surface area contributed by atoms with Gasteiger partial charge in [-0.25, -0.2) is 15.0 Å². The number of alkyl halides is 3. The standard InChI is InChI=1S/C20H22F3N5O2/c21-20(22,23)15-1-6-24-17(11-15)27-19-25-7-2-16(26-19)14-3-8-28(12-14)18(29)13-4-9-30-10-5-13/h1-2,6-7,11,13-14H,3-5,8-10,12H2,(H,24,25,26,27)/t14-/m1/s1. The number of nitrogens with one attached hydrogen (secondary N) is 1. The van der Waals surface area contributed by atoms with E-state index in [-0.39, 0.29) is 29.5 Å². The number of carbonyl (C=O) groups is 1. The maximum Gasteiger partial charge on any atom is 0.416 e. The molecule has 2 aromatic heterocycles. The second-order valence-electron chi connectivity index (χ2n) is 7.51. The van der Waals surface area contributed by atoms with E-state index in [0.717, 1.165) is 43.3 Å². The highest BCUT2D eigenvalue weighted by Gasteiger charge is 2.33. The summed E-state index contributed by atoms with van der Waals surface area (Å²) in [6, 6.07) is 3.60.